The van der Waals surface area contributed by atoms with E-state index in [1.165, 1.54) is 25.3 Å². The fourth-order valence-corrected chi connectivity index (χ4v) is 2.93. The van der Waals surface area contributed by atoms with E-state index in [0.717, 1.165) is 0 Å². The van der Waals surface area contributed by atoms with E-state index >= 15 is 0 Å². The molecule has 17 heavy (non-hydrogen) atoms. The molecule has 1 N–H and O–H groups in total. The van der Waals surface area contributed by atoms with Crippen molar-refractivity contribution < 1.29 is 4.39 Å². The van der Waals surface area contributed by atoms with E-state index in [2.05, 4.69) is 19.2 Å². The lowest BCUT2D eigenvalue weighted by atomic mass is 9.78. The van der Waals surface area contributed by atoms with Crippen molar-refractivity contribution in [3.05, 3.63) is 29.0 Å². The number of rotatable bonds is 2. The highest BCUT2D eigenvalue weighted by Gasteiger charge is 2.28. The fourth-order valence-electron chi connectivity index (χ4n) is 2.75. The monoisotopic (exact) mass is 255 g/mol. The van der Waals surface area contributed by atoms with Gasteiger partial charge in [-0.05, 0) is 42.9 Å². The number of anilines is 1. The third kappa shape index (κ3) is 2.92. The Hall–Kier alpha value is -0.760. The average molecular weight is 256 g/mol. The van der Waals surface area contributed by atoms with E-state index in [4.69, 9.17) is 11.6 Å². The second-order valence-electron chi connectivity index (χ2n) is 5.18. The molecule has 94 valence electrons. The van der Waals surface area contributed by atoms with Crippen LogP contribution in [0.15, 0.2) is 18.2 Å². The van der Waals surface area contributed by atoms with Gasteiger partial charge in [-0.1, -0.05) is 31.9 Å². The Kier molecular flexibility index (Phi) is 3.93. The van der Waals surface area contributed by atoms with E-state index < -0.39 is 0 Å². The van der Waals surface area contributed by atoms with Crippen LogP contribution >= 0.6 is 11.6 Å². The van der Waals surface area contributed by atoms with Crippen LogP contribution in [-0.2, 0) is 0 Å². The van der Waals surface area contributed by atoms with Crippen LogP contribution in [0.25, 0.3) is 0 Å². The van der Waals surface area contributed by atoms with Gasteiger partial charge in [0.2, 0.25) is 0 Å². The first kappa shape index (κ1) is 12.7. The first-order valence-corrected chi connectivity index (χ1v) is 6.67. The second kappa shape index (κ2) is 5.26. The summed E-state index contributed by atoms with van der Waals surface area (Å²) in [7, 11) is 0. The third-order valence-corrected chi connectivity index (χ3v) is 4.03. The molecule has 1 aliphatic rings. The molecule has 0 spiro atoms. The van der Waals surface area contributed by atoms with Crippen molar-refractivity contribution >= 4 is 17.3 Å². The van der Waals surface area contributed by atoms with E-state index in [1.807, 2.05) is 0 Å². The lowest BCUT2D eigenvalue weighted by Crippen LogP contribution is -2.37. The molecule has 1 nitrogen and oxygen atoms in total. The summed E-state index contributed by atoms with van der Waals surface area (Å²) in [6.07, 6.45) is 3.70. The second-order valence-corrected chi connectivity index (χ2v) is 5.62. The zero-order valence-corrected chi connectivity index (χ0v) is 11.1. The van der Waals surface area contributed by atoms with Crippen LogP contribution in [0.1, 0.15) is 33.1 Å². The highest BCUT2D eigenvalue weighted by Crippen LogP contribution is 2.32. The van der Waals surface area contributed by atoms with Crippen molar-refractivity contribution in [1.29, 1.82) is 0 Å². The Morgan fingerprint density at radius 3 is 2.53 bits per heavy atom. The highest BCUT2D eigenvalue weighted by molar-refractivity contribution is 6.30. The number of nitrogens with one attached hydrogen (secondary N) is 1. The van der Waals surface area contributed by atoms with Gasteiger partial charge in [-0.15, -0.1) is 0 Å². The quantitative estimate of drug-likeness (QED) is 0.807. The first-order chi connectivity index (χ1) is 8.08. The first-order valence-electron chi connectivity index (χ1n) is 6.29. The van der Waals surface area contributed by atoms with Gasteiger partial charge in [-0.3, -0.25) is 0 Å². The van der Waals surface area contributed by atoms with Crippen molar-refractivity contribution in [3.63, 3.8) is 0 Å². The minimum atomic E-state index is -0.223. The lowest BCUT2D eigenvalue weighted by Gasteiger charge is -2.36. The molecule has 1 fully saturated rings. The van der Waals surface area contributed by atoms with E-state index in [1.54, 1.807) is 12.1 Å². The van der Waals surface area contributed by atoms with Gasteiger partial charge < -0.3 is 5.32 Å². The van der Waals surface area contributed by atoms with Gasteiger partial charge in [0.1, 0.15) is 5.82 Å². The number of halogens is 2. The summed E-state index contributed by atoms with van der Waals surface area (Å²) in [6.45, 7) is 4.46. The predicted octanol–water partition coefficient (Wildman–Crippen LogP) is 4.72. The molecule has 1 aliphatic carbocycles. The van der Waals surface area contributed by atoms with E-state index in [9.17, 15) is 4.39 Å². The van der Waals surface area contributed by atoms with Crippen LogP contribution in [0, 0.1) is 17.7 Å². The molecule has 0 aliphatic heterocycles. The zero-order chi connectivity index (χ0) is 12.4. The maximum Gasteiger partial charge on any atom is 0.146 e. The maximum atomic E-state index is 13.7. The molecule has 2 unspecified atom stereocenters. The molecule has 2 atom stereocenters. The minimum absolute atomic E-state index is 0.223. The van der Waals surface area contributed by atoms with Crippen molar-refractivity contribution in [2.24, 2.45) is 11.8 Å². The molecule has 1 aromatic rings. The molecule has 1 aromatic carbocycles. The SMILES string of the molecule is CC1CCCC(C)C1Nc1cc(Cl)ccc1F. The molecule has 0 bridgehead atoms. The Bertz CT molecular complexity index is 384. The molecule has 0 amide bonds. The van der Waals surface area contributed by atoms with Crippen molar-refractivity contribution in [1.82, 2.24) is 0 Å². The van der Waals surface area contributed by atoms with Crippen molar-refractivity contribution in [3.8, 4) is 0 Å². The summed E-state index contributed by atoms with van der Waals surface area (Å²) in [5.41, 5.74) is 0.531. The summed E-state index contributed by atoms with van der Waals surface area (Å²) >= 11 is 5.90. The topological polar surface area (TPSA) is 12.0 Å². The van der Waals surface area contributed by atoms with E-state index in [-0.39, 0.29) is 5.82 Å². The van der Waals surface area contributed by atoms with Crippen LogP contribution in [0.2, 0.25) is 5.02 Å². The molecular weight excluding hydrogens is 237 g/mol. The summed E-state index contributed by atoms with van der Waals surface area (Å²) in [5, 5.41) is 3.90. The lowest BCUT2D eigenvalue weighted by molar-refractivity contribution is 0.267. The van der Waals surface area contributed by atoms with Crippen LogP contribution in [0.4, 0.5) is 10.1 Å². The molecule has 0 aromatic heterocycles. The average Bonchev–Trinajstić information content (AvgIpc) is 2.28. The van der Waals surface area contributed by atoms with Crippen LogP contribution in [-0.4, -0.2) is 6.04 Å². The summed E-state index contributed by atoms with van der Waals surface area (Å²) in [6, 6.07) is 5.01. The van der Waals surface area contributed by atoms with Gasteiger partial charge in [-0.2, -0.15) is 0 Å². The smallest absolute Gasteiger partial charge is 0.146 e. The molecule has 3 heteroatoms. The van der Waals surface area contributed by atoms with Gasteiger partial charge in [0.25, 0.3) is 0 Å². The molecule has 0 saturated heterocycles. The van der Waals surface area contributed by atoms with Gasteiger partial charge in [-0.25, -0.2) is 4.39 Å². The zero-order valence-electron chi connectivity index (χ0n) is 10.3. The number of hydrogen-bond donors (Lipinski definition) is 1. The Morgan fingerprint density at radius 2 is 1.88 bits per heavy atom. The Labute approximate surface area is 107 Å². The molecule has 0 radical (unpaired) electrons. The van der Waals surface area contributed by atoms with Gasteiger partial charge in [0.15, 0.2) is 0 Å². The standard InChI is InChI=1S/C14H19ClFN/c1-9-4-3-5-10(2)14(9)17-13-8-11(15)6-7-12(13)16/h6-10,14,17H,3-5H2,1-2H3. The van der Waals surface area contributed by atoms with Crippen LogP contribution in [0.3, 0.4) is 0 Å². The molecular formula is C14H19ClFN. The highest BCUT2D eigenvalue weighted by atomic mass is 35.5. The van der Waals surface area contributed by atoms with Gasteiger partial charge in [0.05, 0.1) is 5.69 Å². The van der Waals surface area contributed by atoms with Crippen LogP contribution < -0.4 is 5.32 Å². The fraction of sp³-hybridized carbons (Fsp3) is 0.571. The predicted molar refractivity (Wildman–Crippen MR) is 71.0 cm³/mol. The normalized spacial score (nSPS) is 29.1. The number of hydrogen-bond acceptors (Lipinski definition) is 1. The molecule has 1 saturated carbocycles. The van der Waals surface area contributed by atoms with Gasteiger partial charge in [0, 0.05) is 11.1 Å². The van der Waals surface area contributed by atoms with Crippen molar-refractivity contribution in [2.75, 3.05) is 5.32 Å². The maximum absolute atomic E-state index is 13.7. The minimum Gasteiger partial charge on any atom is -0.379 e. The number of benzene rings is 1. The summed E-state index contributed by atoms with van der Waals surface area (Å²) < 4.78 is 13.7. The van der Waals surface area contributed by atoms with Crippen LogP contribution in [0.5, 0.6) is 0 Å². The Balaban J connectivity index is 2.16. The summed E-state index contributed by atoms with van der Waals surface area (Å²) in [5.74, 6) is 0.939. The molecule has 2 rings (SSSR count). The Morgan fingerprint density at radius 1 is 1.24 bits per heavy atom. The summed E-state index contributed by atoms with van der Waals surface area (Å²) in [4.78, 5) is 0. The third-order valence-electron chi connectivity index (χ3n) is 3.80. The molecule has 0 heterocycles. The van der Waals surface area contributed by atoms with Gasteiger partial charge >= 0.3 is 0 Å². The van der Waals surface area contributed by atoms with E-state index in [0.29, 0.717) is 28.6 Å². The van der Waals surface area contributed by atoms with Crippen molar-refractivity contribution in [2.45, 2.75) is 39.2 Å². The largest absolute Gasteiger partial charge is 0.379 e.